The Morgan fingerprint density at radius 3 is 2.67 bits per heavy atom. The van der Waals surface area contributed by atoms with Gasteiger partial charge in [0, 0.05) is 24.7 Å². The Labute approximate surface area is 125 Å². The topological polar surface area (TPSA) is 32.3 Å². The van der Waals surface area contributed by atoms with Gasteiger partial charge in [-0.1, -0.05) is 55.5 Å². The molecule has 0 aromatic heterocycles. The van der Waals surface area contributed by atoms with E-state index < -0.39 is 0 Å². The summed E-state index contributed by atoms with van der Waals surface area (Å²) in [4.78, 5) is 14.3. The van der Waals surface area contributed by atoms with Gasteiger partial charge in [0.15, 0.2) is 0 Å². The largest absolute Gasteiger partial charge is 0.361 e. The molecular formula is C18H20N2O. The van der Waals surface area contributed by atoms with Crippen molar-refractivity contribution in [2.24, 2.45) is 0 Å². The molecule has 1 atom stereocenters. The van der Waals surface area contributed by atoms with E-state index in [2.05, 4.69) is 35.3 Å². The minimum atomic E-state index is 0.0720. The first-order chi connectivity index (χ1) is 10.2. The lowest BCUT2D eigenvalue weighted by Gasteiger charge is -2.19. The van der Waals surface area contributed by atoms with Crippen LogP contribution in [-0.4, -0.2) is 19.0 Å². The molecule has 2 aromatic carbocycles. The average Bonchev–Trinajstić information content (AvgIpc) is 2.83. The third-order valence-electron chi connectivity index (χ3n) is 3.97. The van der Waals surface area contributed by atoms with Crippen molar-refractivity contribution in [2.45, 2.75) is 19.4 Å². The maximum absolute atomic E-state index is 12.1. The molecule has 1 N–H and O–H groups in total. The van der Waals surface area contributed by atoms with Crippen LogP contribution < -0.4 is 10.2 Å². The number of hydrogen-bond acceptors (Lipinski definition) is 2. The Morgan fingerprint density at radius 2 is 1.86 bits per heavy atom. The lowest BCUT2D eigenvalue weighted by atomic mass is 10.0. The summed E-state index contributed by atoms with van der Waals surface area (Å²) in [5.74, 6) is 0.561. The van der Waals surface area contributed by atoms with Crippen LogP contribution in [-0.2, 0) is 11.3 Å². The van der Waals surface area contributed by atoms with Gasteiger partial charge in [0.1, 0.15) is 0 Å². The van der Waals surface area contributed by atoms with Crippen molar-refractivity contribution in [3.63, 3.8) is 0 Å². The minimum absolute atomic E-state index is 0.0720. The zero-order chi connectivity index (χ0) is 14.7. The van der Waals surface area contributed by atoms with Gasteiger partial charge >= 0.3 is 0 Å². The predicted octanol–water partition coefficient (Wildman–Crippen LogP) is 2.93. The van der Waals surface area contributed by atoms with E-state index in [1.165, 1.54) is 11.3 Å². The average molecular weight is 280 g/mol. The lowest BCUT2D eigenvalue weighted by molar-refractivity contribution is -0.119. The van der Waals surface area contributed by atoms with Crippen LogP contribution in [0, 0.1) is 0 Å². The van der Waals surface area contributed by atoms with Crippen molar-refractivity contribution in [3.05, 3.63) is 65.7 Å². The quantitative estimate of drug-likeness (QED) is 0.934. The second-order valence-corrected chi connectivity index (χ2v) is 5.60. The molecule has 1 aliphatic heterocycles. The fourth-order valence-corrected chi connectivity index (χ4v) is 2.89. The molecular weight excluding hydrogens is 260 g/mol. The molecule has 1 amide bonds. The number of para-hydroxylation sites is 1. The number of fused-ring (bicyclic) bond motifs is 1. The number of nitrogens with zero attached hydrogens (tertiary/aromatic N) is 1. The molecule has 1 unspecified atom stereocenters. The molecule has 2 aromatic rings. The van der Waals surface area contributed by atoms with Crippen molar-refractivity contribution in [1.29, 1.82) is 0 Å². The van der Waals surface area contributed by atoms with E-state index in [1.54, 1.807) is 0 Å². The number of carbonyl (C=O) groups excluding carboxylic acids is 1. The Bertz CT molecular complexity index is 624. The third kappa shape index (κ3) is 3.07. The SMILES string of the molecule is CC1CN(CC(=O)NCc2ccccc2)c2ccccc21. The zero-order valence-electron chi connectivity index (χ0n) is 12.3. The van der Waals surface area contributed by atoms with Crippen LogP contribution in [0.3, 0.4) is 0 Å². The van der Waals surface area contributed by atoms with Gasteiger partial charge in [-0.05, 0) is 17.2 Å². The standard InChI is InChI=1S/C18H20N2O/c1-14-12-20(17-10-6-5-9-16(14)17)13-18(21)19-11-15-7-3-2-4-8-15/h2-10,14H,11-13H2,1H3,(H,19,21). The Kier molecular flexibility index (Phi) is 3.91. The molecule has 3 nitrogen and oxygen atoms in total. The van der Waals surface area contributed by atoms with Gasteiger partial charge in [-0.25, -0.2) is 0 Å². The molecule has 1 heterocycles. The van der Waals surface area contributed by atoms with Crippen molar-refractivity contribution in [2.75, 3.05) is 18.0 Å². The van der Waals surface area contributed by atoms with Gasteiger partial charge in [-0.2, -0.15) is 0 Å². The van der Waals surface area contributed by atoms with Crippen molar-refractivity contribution in [3.8, 4) is 0 Å². The van der Waals surface area contributed by atoms with E-state index in [0.717, 1.165) is 12.1 Å². The van der Waals surface area contributed by atoms with Crippen molar-refractivity contribution < 1.29 is 4.79 Å². The highest BCUT2D eigenvalue weighted by Crippen LogP contribution is 2.35. The van der Waals surface area contributed by atoms with Crippen LogP contribution in [0.15, 0.2) is 54.6 Å². The molecule has 0 fully saturated rings. The van der Waals surface area contributed by atoms with Crippen LogP contribution in [0.2, 0.25) is 0 Å². The number of carbonyl (C=O) groups is 1. The van der Waals surface area contributed by atoms with Crippen molar-refractivity contribution >= 4 is 11.6 Å². The number of amides is 1. The molecule has 0 saturated heterocycles. The van der Waals surface area contributed by atoms with Crippen LogP contribution >= 0.6 is 0 Å². The normalized spacial score (nSPS) is 16.6. The number of rotatable bonds is 4. The molecule has 3 heteroatoms. The molecule has 0 aliphatic carbocycles. The summed E-state index contributed by atoms with van der Waals surface area (Å²) in [6, 6.07) is 18.3. The maximum Gasteiger partial charge on any atom is 0.239 e. The van der Waals surface area contributed by atoms with E-state index in [0.29, 0.717) is 19.0 Å². The lowest BCUT2D eigenvalue weighted by Crippen LogP contribution is -2.36. The first kappa shape index (κ1) is 13.7. The highest BCUT2D eigenvalue weighted by atomic mass is 16.2. The molecule has 21 heavy (non-hydrogen) atoms. The molecule has 0 spiro atoms. The van der Waals surface area contributed by atoms with Gasteiger partial charge in [0.25, 0.3) is 0 Å². The van der Waals surface area contributed by atoms with Gasteiger partial charge in [-0.3, -0.25) is 4.79 Å². The molecule has 1 aliphatic rings. The molecule has 3 rings (SSSR count). The van der Waals surface area contributed by atoms with E-state index in [-0.39, 0.29) is 5.91 Å². The summed E-state index contributed by atoms with van der Waals surface area (Å²) in [5.41, 5.74) is 3.66. The van der Waals surface area contributed by atoms with E-state index >= 15 is 0 Å². The van der Waals surface area contributed by atoms with Gasteiger partial charge in [-0.15, -0.1) is 0 Å². The summed E-state index contributed by atoms with van der Waals surface area (Å²) >= 11 is 0. The van der Waals surface area contributed by atoms with Crippen LogP contribution in [0.4, 0.5) is 5.69 Å². The smallest absolute Gasteiger partial charge is 0.239 e. The fourth-order valence-electron chi connectivity index (χ4n) is 2.89. The summed E-state index contributed by atoms with van der Waals surface area (Å²) in [7, 11) is 0. The Hall–Kier alpha value is -2.29. The second kappa shape index (κ2) is 6.00. The minimum Gasteiger partial charge on any atom is -0.361 e. The summed E-state index contributed by atoms with van der Waals surface area (Å²) in [6.45, 7) is 4.14. The zero-order valence-corrected chi connectivity index (χ0v) is 12.3. The van der Waals surface area contributed by atoms with Crippen LogP contribution in [0.1, 0.15) is 24.0 Å². The molecule has 0 bridgehead atoms. The number of benzene rings is 2. The van der Waals surface area contributed by atoms with E-state index in [4.69, 9.17) is 0 Å². The maximum atomic E-state index is 12.1. The number of nitrogens with one attached hydrogen (secondary N) is 1. The first-order valence-corrected chi connectivity index (χ1v) is 7.38. The predicted molar refractivity (Wildman–Crippen MR) is 85.4 cm³/mol. The van der Waals surface area contributed by atoms with Crippen LogP contribution in [0.25, 0.3) is 0 Å². The van der Waals surface area contributed by atoms with E-state index in [9.17, 15) is 4.79 Å². The summed E-state index contributed by atoms with van der Waals surface area (Å²) in [6.07, 6.45) is 0. The second-order valence-electron chi connectivity index (χ2n) is 5.60. The van der Waals surface area contributed by atoms with Gasteiger partial charge < -0.3 is 10.2 Å². The summed E-state index contributed by atoms with van der Waals surface area (Å²) in [5, 5.41) is 2.99. The third-order valence-corrected chi connectivity index (χ3v) is 3.97. The van der Waals surface area contributed by atoms with E-state index in [1.807, 2.05) is 36.4 Å². The summed E-state index contributed by atoms with van der Waals surface area (Å²) < 4.78 is 0. The number of anilines is 1. The first-order valence-electron chi connectivity index (χ1n) is 7.38. The fraction of sp³-hybridized carbons (Fsp3) is 0.278. The number of hydrogen-bond donors (Lipinski definition) is 1. The molecule has 0 radical (unpaired) electrons. The van der Waals surface area contributed by atoms with Gasteiger partial charge in [0.05, 0.1) is 6.54 Å². The monoisotopic (exact) mass is 280 g/mol. The van der Waals surface area contributed by atoms with Gasteiger partial charge in [0.2, 0.25) is 5.91 Å². The molecule has 108 valence electrons. The van der Waals surface area contributed by atoms with Crippen LogP contribution in [0.5, 0.6) is 0 Å². The Morgan fingerprint density at radius 1 is 1.14 bits per heavy atom. The Balaban J connectivity index is 1.59. The highest BCUT2D eigenvalue weighted by molar-refractivity contribution is 5.82. The highest BCUT2D eigenvalue weighted by Gasteiger charge is 2.25. The molecule has 0 saturated carbocycles. The van der Waals surface area contributed by atoms with Crippen molar-refractivity contribution in [1.82, 2.24) is 5.32 Å².